The van der Waals surface area contributed by atoms with E-state index in [-0.39, 0.29) is 11.9 Å². The van der Waals surface area contributed by atoms with Crippen LogP contribution in [-0.2, 0) is 4.79 Å². The molecule has 0 unspecified atom stereocenters. The minimum absolute atomic E-state index is 0.00978. The van der Waals surface area contributed by atoms with Crippen molar-refractivity contribution in [2.45, 2.75) is 20.8 Å². The van der Waals surface area contributed by atoms with Crippen molar-refractivity contribution in [1.82, 2.24) is 0 Å². The van der Waals surface area contributed by atoms with Gasteiger partial charge in [-0.15, -0.1) is 0 Å². The summed E-state index contributed by atoms with van der Waals surface area (Å²) >= 11 is 0. The lowest BCUT2D eigenvalue weighted by molar-refractivity contribution is -0.142. The largest absolute Gasteiger partial charge is 0.426 e. The van der Waals surface area contributed by atoms with Gasteiger partial charge in [-0.05, 0) is 45.0 Å². The first-order valence-electron chi connectivity index (χ1n) is 5.21. The summed E-state index contributed by atoms with van der Waals surface area (Å²) < 4.78 is 5.19. The summed E-state index contributed by atoms with van der Waals surface area (Å²) in [5, 5.41) is 0. The van der Waals surface area contributed by atoms with Crippen molar-refractivity contribution in [1.29, 1.82) is 0 Å². The smallest absolute Gasteiger partial charge is 0.316 e. The Morgan fingerprint density at radius 3 is 2.12 bits per heavy atom. The van der Waals surface area contributed by atoms with E-state index in [1.54, 1.807) is 45.0 Å². The highest BCUT2D eigenvalue weighted by Gasteiger charge is 2.23. The molecule has 17 heavy (non-hydrogen) atoms. The van der Waals surface area contributed by atoms with Crippen LogP contribution in [0.1, 0.15) is 20.8 Å². The molecule has 1 aromatic carbocycles. The molecule has 1 aromatic rings. The predicted molar refractivity (Wildman–Crippen MR) is 67.0 cm³/mol. The second kappa shape index (κ2) is 4.86. The van der Waals surface area contributed by atoms with E-state index in [9.17, 15) is 4.79 Å². The maximum Gasteiger partial charge on any atom is 0.316 e. The summed E-state index contributed by atoms with van der Waals surface area (Å²) in [5.41, 5.74) is 10.6. The van der Waals surface area contributed by atoms with Crippen molar-refractivity contribution in [3.05, 3.63) is 24.3 Å². The summed E-state index contributed by atoms with van der Waals surface area (Å²) in [5.74, 6) is 0.177. The van der Waals surface area contributed by atoms with Crippen molar-refractivity contribution in [2.75, 3.05) is 0 Å². The van der Waals surface area contributed by atoms with Gasteiger partial charge in [-0.25, -0.2) is 4.99 Å². The van der Waals surface area contributed by atoms with Gasteiger partial charge in [-0.3, -0.25) is 4.79 Å². The Hall–Kier alpha value is -2.04. The molecule has 0 radical (unpaired) electrons. The van der Waals surface area contributed by atoms with Crippen LogP contribution in [0.5, 0.6) is 5.75 Å². The van der Waals surface area contributed by atoms with Gasteiger partial charge in [0.15, 0.2) is 5.96 Å². The number of benzene rings is 1. The Kier molecular flexibility index (Phi) is 3.73. The van der Waals surface area contributed by atoms with Crippen LogP contribution in [0.15, 0.2) is 29.3 Å². The third-order valence-electron chi connectivity index (χ3n) is 1.92. The van der Waals surface area contributed by atoms with Gasteiger partial charge in [0.25, 0.3) is 0 Å². The van der Waals surface area contributed by atoms with Gasteiger partial charge < -0.3 is 16.2 Å². The molecule has 0 heterocycles. The molecule has 0 fully saturated rings. The lowest BCUT2D eigenvalue weighted by atomic mass is 9.97. The lowest BCUT2D eigenvalue weighted by Gasteiger charge is -2.16. The number of carbonyl (C=O) groups is 1. The molecule has 0 aliphatic heterocycles. The Bertz CT molecular complexity index is 426. The quantitative estimate of drug-likeness (QED) is 0.352. The number of nitrogens with two attached hydrogens (primary N) is 2. The van der Waals surface area contributed by atoms with Crippen LogP contribution in [0.3, 0.4) is 0 Å². The molecule has 0 bridgehead atoms. The first-order chi connectivity index (χ1) is 7.79. The van der Waals surface area contributed by atoms with Gasteiger partial charge in [0, 0.05) is 0 Å². The Morgan fingerprint density at radius 1 is 1.18 bits per heavy atom. The maximum atomic E-state index is 11.6. The van der Waals surface area contributed by atoms with E-state index in [1.165, 1.54) is 0 Å². The van der Waals surface area contributed by atoms with Crippen LogP contribution < -0.4 is 16.2 Å². The number of hydrogen-bond acceptors (Lipinski definition) is 3. The number of rotatable bonds is 2. The maximum absolute atomic E-state index is 11.6. The third-order valence-corrected chi connectivity index (χ3v) is 1.92. The molecule has 0 spiro atoms. The van der Waals surface area contributed by atoms with Crippen molar-refractivity contribution in [2.24, 2.45) is 21.9 Å². The molecule has 0 aliphatic rings. The molecule has 4 N–H and O–H groups in total. The summed E-state index contributed by atoms with van der Waals surface area (Å²) in [6, 6.07) is 6.63. The molecule has 1 rings (SSSR count). The third kappa shape index (κ3) is 4.14. The highest BCUT2D eigenvalue weighted by molar-refractivity contribution is 5.79. The summed E-state index contributed by atoms with van der Waals surface area (Å²) in [4.78, 5) is 15.5. The fourth-order valence-corrected chi connectivity index (χ4v) is 0.998. The van der Waals surface area contributed by atoms with Gasteiger partial charge in [0.05, 0.1) is 11.1 Å². The van der Waals surface area contributed by atoms with Crippen LogP contribution >= 0.6 is 0 Å². The SMILES string of the molecule is CC(C)(C)C(=O)Oc1ccc(N=C(N)N)cc1. The second-order valence-corrected chi connectivity index (χ2v) is 4.67. The molecule has 5 heteroatoms. The fraction of sp³-hybridized carbons (Fsp3) is 0.333. The van der Waals surface area contributed by atoms with Crippen molar-refractivity contribution >= 4 is 17.6 Å². The van der Waals surface area contributed by atoms with Crippen molar-refractivity contribution in [3.8, 4) is 5.75 Å². The molecular formula is C12H17N3O2. The minimum atomic E-state index is -0.529. The van der Waals surface area contributed by atoms with Crippen molar-refractivity contribution < 1.29 is 9.53 Å². The molecule has 0 aliphatic carbocycles. The predicted octanol–water partition coefficient (Wildman–Crippen LogP) is 1.54. The molecule has 0 atom stereocenters. The van der Waals surface area contributed by atoms with Gasteiger partial charge in [0.2, 0.25) is 0 Å². The molecule has 0 aromatic heterocycles. The fourth-order valence-electron chi connectivity index (χ4n) is 0.998. The molecule has 92 valence electrons. The summed E-state index contributed by atoms with van der Waals surface area (Å²) in [7, 11) is 0. The Labute approximate surface area is 100 Å². The van der Waals surface area contributed by atoms with E-state index >= 15 is 0 Å². The van der Waals surface area contributed by atoms with Crippen LogP contribution in [0.2, 0.25) is 0 Å². The average Bonchev–Trinajstić information content (AvgIpc) is 2.18. The number of hydrogen-bond donors (Lipinski definition) is 2. The van der Waals surface area contributed by atoms with Gasteiger partial charge >= 0.3 is 5.97 Å². The van der Waals surface area contributed by atoms with E-state index in [2.05, 4.69) is 4.99 Å². The molecule has 5 nitrogen and oxygen atoms in total. The van der Waals surface area contributed by atoms with Gasteiger partial charge in [-0.1, -0.05) is 0 Å². The molecule has 0 saturated heterocycles. The number of guanidine groups is 1. The van der Waals surface area contributed by atoms with E-state index in [4.69, 9.17) is 16.2 Å². The monoisotopic (exact) mass is 235 g/mol. The number of aliphatic imine (C=N–C) groups is 1. The van der Waals surface area contributed by atoms with E-state index in [1.807, 2.05) is 0 Å². The normalized spacial score (nSPS) is 10.8. The van der Waals surface area contributed by atoms with Crippen LogP contribution in [0.25, 0.3) is 0 Å². The first-order valence-corrected chi connectivity index (χ1v) is 5.21. The molecule has 0 saturated carbocycles. The highest BCUT2D eigenvalue weighted by Crippen LogP contribution is 2.21. The zero-order valence-electron chi connectivity index (χ0n) is 10.2. The zero-order valence-corrected chi connectivity index (χ0v) is 10.2. The second-order valence-electron chi connectivity index (χ2n) is 4.67. The Balaban J connectivity index is 2.76. The number of nitrogens with zero attached hydrogens (tertiary/aromatic N) is 1. The van der Waals surface area contributed by atoms with Crippen LogP contribution in [0, 0.1) is 5.41 Å². The zero-order chi connectivity index (χ0) is 13.1. The van der Waals surface area contributed by atoms with Crippen molar-refractivity contribution in [3.63, 3.8) is 0 Å². The van der Waals surface area contributed by atoms with E-state index < -0.39 is 5.41 Å². The van der Waals surface area contributed by atoms with Crippen LogP contribution in [-0.4, -0.2) is 11.9 Å². The summed E-state index contributed by atoms with van der Waals surface area (Å²) in [6.45, 7) is 5.38. The number of esters is 1. The Morgan fingerprint density at radius 2 is 1.71 bits per heavy atom. The van der Waals surface area contributed by atoms with Crippen LogP contribution in [0.4, 0.5) is 5.69 Å². The number of carbonyl (C=O) groups excluding carboxylic acids is 1. The standard InChI is InChI=1S/C12H17N3O2/c1-12(2,3)10(16)17-9-6-4-8(5-7-9)15-11(13)14/h4-7H,1-3H3,(H4,13,14,15). The first kappa shape index (κ1) is 13.0. The highest BCUT2D eigenvalue weighted by atomic mass is 16.5. The number of ether oxygens (including phenoxy) is 1. The van der Waals surface area contributed by atoms with Gasteiger partial charge in [-0.2, -0.15) is 0 Å². The lowest BCUT2D eigenvalue weighted by Crippen LogP contribution is -2.25. The topological polar surface area (TPSA) is 90.7 Å². The average molecular weight is 235 g/mol. The van der Waals surface area contributed by atoms with E-state index in [0.717, 1.165) is 0 Å². The van der Waals surface area contributed by atoms with Gasteiger partial charge in [0.1, 0.15) is 5.75 Å². The summed E-state index contributed by atoms with van der Waals surface area (Å²) in [6.07, 6.45) is 0. The molecule has 0 amide bonds. The van der Waals surface area contributed by atoms with E-state index in [0.29, 0.717) is 11.4 Å². The molecular weight excluding hydrogens is 218 g/mol. The minimum Gasteiger partial charge on any atom is -0.426 e.